The molecule has 1 aromatic carbocycles. The van der Waals surface area contributed by atoms with Crippen LogP contribution >= 0.6 is 0 Å². The minimum absolute atomic E-state index is 0.0499. The SMILES string of the molecule is C[C@@H]1CC2(CCN1c1nc3c(c(N(C)C4CCOCC4)n1)[S+]([O-])CC3)OC(=O)Nc1ccccc12. The van der Waals surface area contributed by atoms with E-state index in [1.54, 1.807) is 0 Å². The number of ether oxygens (including phenoxy) is 2. The van der Waals surface area contributed by atoms with Crippen LogP contribution in [0.2, 0.25) is 0 Å². The predicted molar refractivity (Wildman–Crippen MR) is 134 cm³/mol. The second kappa shape index (κ2) is 8.83. The van der Waals surface area contributed by atoms with Crippen molar-refractivity contribution in [3.63, 3.8) is 0 Å². The molecule has 186 valence electrons. The molecular formula is C25H31N5O4S. The van der Waals surface area contributed by atoms with E-state index in [9.17, 15) is 9.35 Å². The van der Waals surface area contributed by atoms with Gasteiger partial charge in [-0.1, -0.05) is 18.2 Å². The average molecular weight is 498 g/mol. The Morgan fingerprint density at radius 2 is 2.06 bits per heavy atom. The molecule has 35 heavy (non-hydrogen) atoms. The molecule has 1 N–H and O–H groups in total. The molecule has 4 aliphatic rings. The molecule has 0 saturated carbocycles. The Hall–Kier alpha value is -2.56. The molecule has 0 aliphatic carbocycles. The maximum atomic E-state index is 12.9. The average Bonchev–Trinajstić information content (AvgIpc) is 3.24. The number of amides is 1. The lowest BCUT2D eigenvalue weighted by Crippen LogP contribution is -2.52. The molecule has 1 aromatic heterocycles. The molecule has 0 radical (unpaired) electrons. The minimum atomic E-state index is -1.08. The summed E-state index contributed by atoms with van der Waals surface area (Å²) in [4.78, 5) is 27.5. The highest BCUT2D eigenvalue weighted by molar-refractivity contribution is 7.91. The van der Waals surface area contributed by atoms with Gasteiger partial charge in [-0.05, 0) is 37.0 Å². The smallest absolute Gasteiger partial charge is 0.412 e. The van der Waals surface area contributed by atoms with Crippen LogP contribution in [0.4, 0.5) is 22.2 Å². The summed E-state index contributed by atoms with van der Waals surface area (Å²) in [6, 6.07) is 8.24. The number of para-hydroxylation sites is 1. The van der Waals surface area contributed by atoms with E-state index in [2.05, 4.69) is 29.1 Å². The third-order valence-electron chi connectivity index (χ3n) is 7.84. The standard InChI is InChI=1S/C25H31N5O4S/c1-16-15-25(18-5-3-4-6-19(18)27-24(31)34-25)10-11-30(16)23-26-20-9-14-35(32)21(20)22(28-23)29(2)17-7-12-33-13-8-17/h3-6,16-17H,7-15H2,1-2H3,(H,27,31)/t16-,25?,35?/m1/s1. The number of aromatic nitrogens is 2. The van der Waals surface area contributed by atoms with Crippen molar-refractivity contribution in [3.8, 4) is 0 Å². The summed E-state index contributed by atoms with van der Waals surface area (Å²) in [6.07, 6.45) is 3.46. The van der Waals surface area contributed by atoms with Gasteiger partial charge in [0.1, 0.15) is 17.0 Å². The summed E-state index contributed by atoms with van der Waals surface area (Å²) in [5, 5.41) is 2.83. The number of carbonyl (C=O) groups excluding carboxylic acids is 1. The van der Waals surface area contributed by atoms with Crippen molar-refractivity contribution < 1.29 is 18.8 Å². The highest BCUT2D eigenvalue weighted by Crippen LogP contribution is 2.46. The van der Waals surface area contributed by atoms with E-state index in [4.69, 9.17) is 19.4 Å². The number of fused-ring (bicyclic) bond motifs is 3. The number of nitrogens with zero attached hydrogens (tertiary/aromatic N) is 4. The minimum Gasteiger partial charge on any atom is -0.611 e. The van der Waals surface area contributed by atoms with Crippen LogP contribution in [0.3, 0.4) is 0 Å². The fourth-order valence-corrected chi connectivity index (χ4v) is 7.37. The van der Waals surface area contributed by atoms with E-state index < -0.39 is 22.9 Å². The second-order valence-electron chi connectivity index (χ2n) is 9.93. The Bertz CT molecular complexity index is 1140. The van der Waals surface area contributed by atoms with Crippen LogP contribution in [-0.2, 0) is 32.7 Å². The molecule has 1 spiro atoms. The lowest BCUT2D eigenvalue weighted by atomic mass is 9.79. The zero-order chi connectivity index (χ0) is 24.2. The van der Waals surface area contributed by atoms with Gasteiger partial charge in [0, 0.05) is 63.7 Å². The van der Waals surface area contributed by atoms with E-state index >= 15 is 0 Å². The fourth-order valence-electron chi connectivity index (χ4n) is 5.98. The Labute approximate surface area is 208 Å². The first-order valence-corrected chi connectivity index (χ1v) is 13.7. The lowest BCUT2D eigenvalue weighted by Gasteiger charge is -2.47. The van der Waals surface area contributed by atoms with Crippen molar-refractivity contribution in [2.45, 2.75) is 61.6 Å². The summed E-state index contributed by atoms with van der Waals surface area (Å²) in [7, 11) is 2.05. The Kier molecular flexibility index (Phi) is 5.77. The van der Waals surface area contributed by atoms with E-state index in [0.29, 0.717) is 43.6 Å². The highest BCUT2D eigenvalue weighted by Gasteiger charge is 2.47. The Balaban J connectivity index is 1.32. The number of rotatable bonds is 3. The van der Waals surface area contributed by atoms with E-state index in [-0.39, 0.29) is 6.04 Å². The molecule has 9 nitrogen and oxygen atoms in total. The summed E-state index contributed by atoms with van der Waals surface area (Å²) >= 11 is -1.08. The predicted octanol–water partition coefficient (Wildman–Crippen LogP) is 3.20. The molecule has 0 bridgehead atoms. The third kappa shape index (κ3) is 3.91. The van der Waals surface area contributed by atoms with Gasteiger partial charge in [0.2, 0.25) is 10.8 Å². The first kappa shape index (κ1) is 22.9. The number of benzene rings is 1. The number of piperidine rings is 1. The molecule has 2 unspecified atom stereocenters. The molecule has 4 aliphatic heterocycles. The van der Waals surface area contributed by atoms with Crippen molar-refractivity contribution in [1.82, 2.24) is 9.97 Å². The van der Waals surface area contributed by atoms with Gasteiger partial charge in [-0.15, -0.1) is 0 Å². The molecular weight excluding hydrogens is 466 g/mol. The summed E-state index contributed by atoms with van der Waals surface area (Å²) < 4.78 is 24.4. The number of hydrogen-bond donors (Lipinski definition) is 1. The number of anilines is 3. The normalized spacial score (nSPS) is 28.3. The van der Waals surface area contributed by atoms with E-state index in [0.717, 1.165) is 53.7 Å². The van der Waals surface area contributed by atoms with Gasteiger partial charge in [0.25, 0.3) is 0 Å². The van der Waals surface area contributed by atoms with Crippen LogP contribution in [0.5, 0.6) is 0 Å². The largest absolute Gasteiger partial charge is 0.611 e. The quantitative estimate of drug-likeness (QED) is 0.645. The van der Waals surface area contributed by atoms with Gasteiger partial charge in [0.15, 0.2) is 5.82 Å². The van der Waals surface area contributed by atoms with Crippen LogP contribution in [0.25, 0.3) is 0 Å². The van der Waals surface area contributed by atoms with Crippen molar-refractivity contribution in [3.05, 3.63) is 35.5 Å². The number of aryl methyl sites for hydroxylation is 1. The molecule has 6 rings (SSSR count). The first-order valence-electron chi connectivity index (χ1n) is 12.4. The van der Waals surface area contributed by atoms with Crippen LogP contribution < -0.4 is 15.1 Å². The summed E-state index contributed by atoms with van der Waals surface area (Å²) in [5.74, 6) is 2.06. The van der Waals surface area contributed by atoms with Gasteiger partial charge in [-0.2, -0.15) is 4.98 Å². The monoisotopic (exact) mass is 497 g/mol. The molecule has 10 heteroatoms. The van der Waals surface area contributed by atoms with Crippen LogP contribution in [0.1, 0.15) is 43.9 Å². The molecule has 2 fully saturated rings. The Morgan fingerprint density at radius 3 is 2.86 bits per heavy atom. The van der Waals surface area contributed by atoms with Crippen molar-refractivity contribution in [2.24, 2.45) is 0 Å². The maximum Gasteiger partial charge on any atom is 0.412 e. The van der Waals surface area contributed by atoms with Crippen LogP contribution in [0.15, 0.2) is 29.2 Å². The van der Waals surface area contributed by atoms with Crippen molar-refractivity contribution in [2.75, 3.05) is 47.7 Å². The molecule has 3 atom stereocenters. The Morgan fingerprint density at radius 1 is 1.26 bits per heavy atom. The van der Waals surface area contributed by atoms with Gasteiger partial charge in [-0.3, -0.25) is 5.32 Å². The van der Waals surface area contributed by atoms with Crippen molar-refractivity contribution >= 4 is 34.7 Å². The zero-order valence-electron chi connectivity index (χ0n) is 20.2. The molecule has 2 saturated heterocycles. The zero-order valence-corrected chi connectivity index (χ0v) is 21.0. The van der Waals surface area contributed by atoms with Gasteiger partial charge in [0.05, 0.1) is 5.69 Å². The molecule has 1 amide bonds. The van der Waals surface area contributed by atoms with Gasteiger partial charge < -0.3 is 23.8 Å². The summed E-state index contributed by atoms with van der Waals surface area (Å²) in [5.41, 5.74) is 2.08. The fraction of sp³-hybridized carbons (Fsp3) is 0.560. The summed E-state index contributed by atoms with van der Waals surface area (Å²) in [6.45, 7) is 4.26. The second-order valence-corrected chi connectivity index (χ2v) is 11.4. The third-order valence-corrected chi connectivity index (χ3v) is 9.29. The number of nitrogens with one attached hydrogen (secondary N) is 1. The molecule has 5 heterocycles. The van der Waals surface area contributed by atoms with Crippen LogP contribution in [0, 0.1) is 0 Å². The van der Waals surface area contributed by atoms with E-state index in [1.807, 2.05) is 24.3 Å². The van der Waals surface area contributed by atoms with Crippen LogP contribution in [-0.4, -0.2) is 65.3 Å². The first-order chi connectivity index (χ1) is 16.9. The van der Waals surface area contributed by atoms with Crippen molar-refractivity contribution in [1.29, 1.82) is 0 Å². The van der Waals surface area contributed by atoms with E-state index in [1.165, 1.54) is 0 Å². The molecule has 2 aromatic rings. The maximum absolute atomic E-state index is 12.9. The lowest BCUT2D eigenvalue weighted by molar-refractivity contribution is -0.0166. The van der Waals surface area contributed by atoms with Gasteiger partial charge in [-0.25, -0.2) is 9.78 Å². The number of hydrogen-bond acceptors (Lipinski definition) is 8. The topological polar surface area (TPSA) is 103 Å². The highest BCUT2D eigenvalue weighted by atomic mass is 32.2. The number of carbonyl (C=O) groups is 1. The van der Waals surface area contributed by atoms with Gasteiger partial charge >= 0.3 is 6.09 Å².